The Morgan fingerprint density at radius 1 is 1.11 bits per heavy atom. The Kier molecular flexibility index (Phi) is 6.30. The molecule has 1 aromatic carbocycles. The van der Waals surface area contributed by atoms with Crippen molar-refractivity contribution >= 4 is 46.9 Å². The fourth-order valence-electron chi connectivity index (χ4n) is 5.06. The highest BCUT2D eigenvalue weighted by Gasteiger charge is 2.59. The Labute approximate surface area is 221 Å². The van der Waals surface area contributed by atoms with Gasteiger partial charge in [0.25, 0.3) is 11.8 Å². The molecule has 0 unspecified atom stereocenters. The van der Waals surface area contributed by atoms with Gasteiger partial charge in [0.1, 0.15) is 11.6 Å². The zero-order chi connectivity index (χ0) is 27.2. The van der Waals surface area contributed by atoms with Crippen LogP contribution in [0.2, 0.25) is 0 Å². The number of alkyl halides is 3. The molecule has 38 heavy (non-hydrogen) atoms. The number of pyridine rings is 1. The Hall–Kier alpha value is -4.05. The van der Waals surface area contributed by atoms with Gasteiger partial charge in [-0.3, -0.25) is 19.3 Å². The molecule has 3 fully saturated rings. The summed E-state index contributed by atoms with van der Waals surface area (Å²) in [5.41, 5.74) is -2.28. The predicted octanol–water partition coefficient (Wildman–Crippen LogP) is 2.95. The van der Waals surface area contributed by atoms with Crippen LogP contribution in [0.1, 0.15) is 40.9 Å². The zero-order valence-corrected chi connectivity index (χ0v) is 20.8. The SMILES string of the molecule is N#Cc1ncc(N2C(=O)C3(CCC3)N(c3ccc(C(=O)N4CCN(C=O)CC4)cc3)C2=S)cc1C(F)(F)F. The summed E-state index contributed by atoms with van der Waals surface area (Å²) in [5.74, 6) is -0.646. The fourth-order valence-corrected chi connectivity index (χ4v) is 5.52. The molecular formula is C25H21F3N6O3S. The zero-order valence-electron chi connectivity index (χ0n) is 19.9. The number of aromatic nitrogens is 1. The van der Waals surface area contributed by atoms with Crippen LogP contribution < -0.4 is 9.80 Å². The van der Waals surface area contributed by atoms with Gasteiger partial charge in [0.2, 0.25) is 6.41 Å². The number of hydrogen-bond acceptors (Lipinski definition) is 6. The van der Waals surface area contributed by atoms with Gasteiger partial charge in [0, 0.05) is 37.4 Å². The lowest BCUT2D eigenvalue weighted by atomic mass is 9.75. The van der Waals surface area contributed by atoms with E-state index in [1.165, 1.54) is 6.07 Å². The van der Waals surface area contributed by atoms with E-state index in [9.17, 15) is 27.6 Å². The van der Waals surface area contributed by atoms with Gasteiger partial charge in [-0.15, -0.1) is 0 Å². The van der Waals surface area contributed by atoms with Crippen LogP contribution in [0, 0.1) is 11.3 Å². The molecule has 0 radical (unpaired) electrons. The highest BCUT2D eigenvalue weighted by Crippen LogP contribution is 2.48. The van der Waals surface area contributed by atoms with E-state index >= 15 is 0 Å². The normalized spacial score (nSPS) is 19.0. The number of carbonyl (C=O) groups is 3. The first-order valence-electron chi connectivity index (χ1n) is 11.9. The smallest absolute Gasteiger partial charge is 0.342 e. The van der Waals surface area contributed by atoms with Crippen molar-refractivity contribution in [3.63, 3.8) is 0 Å². The van der Waals surface area contributed by atoms with Crippen molar-refractivity contribution in [3.8, 4) is 6.07 Å². The van der Waals surface area contributed by atoms with Crippen molar-refractivity contribution in [2.45, 2.75) is 31.0 Å². The summed E-state index contributed by atoms with van der Waals surface area (Å²) in [6.07, 6.45) is -1.38. The van der Waals surface area contributed by atoms with Crippen LogP contribution in [-0.2, 0) is 15.8 Å². The lowest BCUT2D eigenvalue weighted by Crippen LogP contribution is -2.55. The first-order chi connectivity index (χ1) is 18.1. The van der Waals surface area contributed by atoms with E-state index in [1.807, 2.05) is 0 Å². The van der Waals surface area contributed by atoms with Crippen molar-refractivity contribution in [1.29, 1.82) is 5.26 Å². The number of amides is 3. The number of halogens is 3. The highest BCUT2D eigenvalue weighted by atomic mass is 32.1. The lowest BCUT2D eigenvalue weighted by molar-refractivity contribution is -0.138. The van der Waals surface area contributed by atoms with E-state index in [-0.39, 0.29) is 16.7 Å². The molecule has 1 saturated carbocycles. The summed E-state index contributed by atoms with van der Waals surface area (Å²) >= 11 is 5.61. The van der Waals surface area contributed by atoms with Gasteiger partial charge < -0.3 is 14.7 Å². The number of nitriles is 1. The molecule has 3 amide bonds. The number of anilines is 2. The van der Waals surface area contributed by atoms with Gasteiger partial charge >= 0.3 is 6.18 Å². The van der Waals surface area contributed by atoms with Crippen LogP contribution in [0.25, 0.3) is 0 Å². The van der Waals surface area contributed by atoms with E-state index in [1.54, 1.807) is 39.0 Å². The number of benzene rings is 1. The third-order valence-electron chi connectivity index (χ3n) is 7.26. The van der Waals surface area contributed by atoms with E-state index in [4.69, 9.17) is 17.5 Å². The molecule has 2 aromatic rings. The van der Waals surface area contributed by atoms with Crippen LogP contribution >= 0.6 is 12.2 Å². The largest absolute Gasteiger partial charge is 0.419 e. The lowest BCUT2D eigenvalue weighted by Gasteiger charge is -2.43. The number of rotatable bonds is 4. The summed E-state index contributed by atoms with van der Waals surface area (Å²) in [5, 5.41) is 9.06. The topological polar surface area (TPSA) is 101 Å². The predicted molar refractivity (Wildman–Crippen MR) is 133 cm³/mol. The third kappa shape index (κ3) is 4.05. The maximum Gasteiger partial charge on any atom is 0.419 e. The van der Waals surface area contributed by atoms with Gasteiger partial charge in [-0.25, -0.2) is 4.98 Å². The molecule has 1 aliphatic carbocycles. The molecule has 196 valence electrons. The van der Waals surface area contributed by atoms with E-state index < -0.39 is 28.9 Å². The van der Waals surface area contributed by atoms with Crippen LogP contribution in [0.5, 0.6) is 0 Å². The maximum absolute atomic E-state index is 13.6. The molecule has 13 heteroatoms. The Morgan fingerprint density at radius 3 is 2.29 bits per heavy atom. The van der Waals surface area contributed by atoms with Crippen molar-refractivity contribution in [1.82, 2.24) is 14.8 Å². The van der Waals surface area contributed by atoms with Gasteiger partial charge in [0.15, 0.2) is 10.8 Å². The van der Waals surface area contributed by atoms with E-state index in [2.05, 4.69) is 4.98 Å². The fraction of sp³-hybridized carbons (Fsp3) is 0.360. The molecule has 3 aliphatic rings. The summed E-state index contributed by atoms with van der Waals surface area (Å²) in [6, 6.07) is 8.72. The summed E-state index contributed by atoms with van der Waals surface area (Å²) in [6.45, 7) is 1.74. The molecule has 5 rings (SSSR count). The van der Waals surface area contributed by atoms with Gasteiger partial charge in [-0.2, -0.15) is 18.4 Å². The van der Waals surface area contributed by atoms with Crippen molar-refractivity contribution < 1.29 is 27.6 Å². The molecule has 1 aromatic heterocycles. The average molecular weight is 543 g/mol. The van der Waals surface area contributed by atoms with Gasteiger partial charge in [-0.05, 0) is 61.8 Å². The molecule has 0 N–H and O–H groups in total. The highest BCUT2D eigenvalue weighted by molar-refractivity contribution is 7.81. The second-order valence-corrected chi connectivity index (χ2v) is 9.69. The van der Waals surface area contributed by atoms with Crippen LogP contribution in [0.3, 0.4) is 0 Å². The molecule has 3 heterocycles. The Bertz CT molecular complexity index is 1360. The molecule has 9 nitrogen and oxygen atoms in total. The number of hydrogen-bond donors (Lipinski definition) is 0. The van der Waals surface area contributed by atoms with Crippen LogP contribution in [-0.4, -0.2) is 69.8 Å². The minimum absolute atomic E-state index is 0.00149. The second-order valence-electron chi connectivity index (χ2n) is 9.32. The van der Waals surface area contributed by atoms with Crippen LogP contribution in [0.4, 0.5) is 24.5 Å². The number of piperazine rings is 1. The first-order valence-corrected chi connectivity index (χ1v) is 12.3. The summed E-state index contributed by atoms with van der Waals surface area (Å²) in [4.78, 5) is 47.0. The number of carbonyl (C=O) groups excluding carboxylic acids is 3. The van der Waals surface area contributed by atoms with Crippen molar-refractivity contribution in [3.05, 3.63) is 53.3 Å². The van der Waals surface area contributed by atoms with Gasteiger partial charge in [0.05, 0.1) is 17.4 Å². The van der Waals surface area contributed by atoms with Gasteiger partial charge in [-0.1, -0.05) is 0 Å². The molecular weight excluding hydrogens is 521 g/mol. The minimum atomic E-state index is -4.84. The quantitative estimate of drug-likeness (QED) is 0.433. The minimum Gasteiger partial charge on any atom is -0.342 e. The number of thiocarbonyl (C=S) groups is 1. The Balaban J connectivity index is 1.44. The van der Waals surface area contributed by atoms with Crippen molar-refractivity contribution in [2.75, 3.05) is 36.0 Å². The molecule has 2 saturated heterocycles. The molecule has 2 aliphatic heterocycles. The number of nitrogens with zero attached hydrogens (tertiary/aromatic N) is 6. The van der Waals surface area contributed by atoms with E-state index in [0.29, 0.717) is 50.3 Å². The Morgan fingerprint density at radius 2 is 1.76 bits per heavy atom. The summed E-state index contributed by atoms with van der Waals surface area (Å²) < 4.78 is 40.7. The van der Waals surface area contributed by atoms with E-state index in [0.717, 1.165) is 30.0 Å². The second kappa shape index (κ2) is 9.36. The molecule has 0 bridgehead atoms. The monoisotopic (exact) mass is 542 g/mol. The molecule has 1 spiro atoms. The van der Waals surface area contributed by atoms with Crippen molar-refractivity contribution in [2.24, 2.45) is 0 Å². The third-order valence-corrected chi connectivity index (χ3v) is 7.62. The summed E-state index contributed by atoms with van der Waals surface area (Å²) in [7, 11) is 0. The first kappa shape index (κ1) is 25.6. The van der Waals surface area contributed by atoms with Crippen LogP contribution in [0.15, 0.2) is 36.5 Å². The standard InChI is InChI=1S/C25H21F3N6O3S/c26-25(27,28)19-12-18(14-30-20(19)13-29)33-22(37)24(6-1-7-24)34(23(33)38)17-4-2-16(3-5-17)21(36)32-10-8-31(15-35)9-11-32/h2-5,12,14-15H,1,6-11H2. The maximum atomic E-state index is 13.6. The molecule has 0 atom stereocenters. The average Bonchev–Trinajstić information content (AvgIpc) is 3.14.